The smallest absolute Gasteiger partial charge is 0.129 e. The normalized spacial score (nSPS) is 27.2. The summed E-state index contributed by atoms with van der Waals surface area (Å²) in [7, 11) is 1.64. The van der Waals surface area contributed by atoms with Gasteiger partial charge >= 0.3 is 0 Å². The highest BCUT2D eigenvalue weighted by molar-refractivity contribution is 5.12. The van der Waals surface area contributed by atoms with E-state index in [1.807, 2.05) is 12.1 Å². The van der Waals surface area contributed by atoms with Gasteiger partial charge in [0.2, 0.25) is 0 Å². The summed E-state index contributed by atoms with van der Waals surface area (Å²) in [6.45, 7) is 3.44. The van der Waals surface area contributed by atoms with Gasteiger partial charge < -0.3 is 19.6 Å². The second-order valence-electron chi connectivity index (χ2n) is 4.36. The van der Waals surface area contributed by atoms with E-state index in [0.717, 1.165) is 24.5 Å². The van der Waals surface area contributed by atoms with Gasteiger partial charge in [0.05, 0.1) is 12.1 Å². The predicted octanol–water partition coefficient (Wildman–Crippen LogP) is 1.85. The maximum Gasteiger partial charge on any atom is 0.129 e. The van der Waals surface area contributed by atoms with E-state index in [1.165, 1.54) is 0 Å². The third-order valence-corrected chi connectivity index (χ3v) is 3.10. The van der Waals surface area contributed by atoms with E-state index in [2.05, 4.69) is 6.92 Å². The minimum atomic E-state index is -0.178. The molecule has 0 aliphatic carbocycles. The molecule has 3 unspecified atom stereocenters. The lowest BCUT2D eigenvalue weighted by Gasteiger charge is -2.20. The molecule has 16 heavy (non-hydrogen) atoms. The molecule has 3 atom stereocenters. The summed E-state index contributed by atoms with van der Waals surface area (Å²) in [5.41, 5.74) is 6.14. The second-order valence-corrected chi connectivity index (χ2v) is 4.36. The Bertz CT molecular complexity index is 337. The predicted molar refractivity (Wildman–Crippen MR) is 59.9 cm³/mol. The number of methoxy groups -OCH3 is 1. The molecule has 0 bridgehead atoms. The van der Waals surface area contributed by atoms with Crippen LogP contribution in [0.1, 0.15) is 30.9 Å². The highest BCUT2D eigenvalue weighted by Crippen LogP contribution is 2.30. The summed E-state index contributed by atoms with van der Waals surface area (Å²) >= 11 is 0. The number of ether oxygens (including phenoxy) is 2. The molecule has 0 amide bonds. The van der Waals surface area contributed by atoms with E-state index in [4.69, 9.17) is 19.6 Å². The van der Waals surface area contributed by atoms with E-state index < -0.39 is 0 Å². The van der Waals surface area contributed by atoms with E-state index in [9.17, 15) is 0 Å². The molecule has 4 heteroatoms. The zero-order valence-corrected chi connectivity index (χ0v) is 9.81. The Hall–Kier alpha value is -0.840. The van der Waals surface area contributed by atoms with Crippen LogP contribution in [0.25, 0.3) is 0 Å². The molecule has 2 heterocycles. The lowest BCUT2D eigenvalue weighted by Crippen LogP contribution is -2.29. The van der Waals surface area contributed by atoms with Crippen LogP contribution >= 0.6 is 0 Å². The molecule has 1 aliphatic rings. The lowest BCUT2D eigenvalue weighted by molar-refractivity contribution is 0.0649. The van der Waals surface area contributed by atoms with Gasteiger partial charge in [-0.3, -0.25) is 0 Å². The van der Waals surface area contributed by atoms with Gasteiger partial charge in [-0.25, -0.2) is 0 Å². The van der Waals surface area contributed by atoms with Crippen LogP contribution in [0.5, 0.6) is 0 Å². The first kappa shape index (κ1) is 11.6. The number of rotatable bonds is 4. The number of hydrogen-bond acceptors (Lipinski definition) is 4. The minimum absolute atomic E-state index is 0.0709. The maximum absolute atomic E-state index is 6.14. The van der Waals surface area contributed by atoms with E-state index in [0.29, 0.717) is 12.5 Å². The molecule has 1 saturated heterocycles. The summed E-state index contributed by atoms with van der Waals surface area (Å²) < 4.78 is 16.3. The summed E-state index contributed by atoms with van der Waals surface area (Å²) in [6, 6.07) is 3.63. The lowest BCUT2D eigenvalue weighted by atomic mass is 9.97. The Morgan fingerprint density at radius 1 is 1.56 bits per heavy atom. The van der Waals surface area contributed by atoms with Gasteiger partial charge in [0, 0.05) is 13.7 Å². The zero-order valence-electron chi connectivity index (χ0n) is 9.81. The van der Waals surface area contributed by atoms with E-state index in [-0.39, 0.29) is 12.1 Å². The molecule has 0 aromatic carbocycles. The summed E-state index contributed by atoms with van der Waals surface area (Å²) in [5.74, 6) is 2.08. The number of hydrogen-bond donors (Lipinski definition) is 1. The molecule has 2 N–H and O–H groups in total. The quantitative estimate of drug-likeness (QED) is 0.849. The van der Waals surface area contributed by atoms with E-state index in [1.54, 1.807) is 7.11 Å². The van der Waals surface area contributed by atoms with Crippen molar-refractivity contribution in [3.63, 3.8) is 0 Å². The first-order chi connectivity index (χ1) is 7.72. The standard InChI is InChI=1S/C12H19NO3/c1-8-5-6-15-12(8)11(13)10-4-3-9(16-10)7-14-2/h3-4,8,11-12H,5-7,13H2,1-2H3. The molecule has 0 spiro atoms. The molecule has 1 aliphatic heterocycles. The first-order valence-electron chi connectivity index (χ1n) is 5.67. The molecule has 1 aromatic heterocycles. The zero-order chi connectivity index (χ0) is 11.5. The van der Waals surface area contributed by atoms with Crippen molar-refractivity contribution in [3.05, 3.63) is 23.7 Å². The van der Waals surface area contributed by atoms with Crippen molar-refractivity contribution in [1.29, 1.82) is 0 Å². The largest absolute Gasteiger partial charge is 0.462 e. The molecular formula is C12H19NO3. The maximum atomic E-state index is 6.14. The average molecular weight is 225 g/mol. The molecule has 2 rings (SSSR count). The van der Waals surface area contributed by atoms with Gasteiger partial charge in [0.25, 0.3) is 0 Å². The van der Waals surface area contributed by atoms with Gasteiger partial charge in [-0.15, -0.1) is 0 Å². The van der Waals surface area contributed by atoms with E-state index >= 15 is 0 Å². The Balaban J connectivity index is 2.04. The molecule has 90 valence electrons. The monoisotopic (exact) mass is 225 g/mol. The average Bonchev–Trinajstić information content (AvgIpc) is 2.87. The summed E-state index contributed by atoms with van der Waals surface area (Å²) in [4.78, 5) is 0. The summed E-state index contributed by atoms with van der Waals surface area (Å²) in [5, 5.41) is 0. The van der Waals surface area contributed by atoms with Crippen molar-refractivity contribution >= 4 is 0 Å². The van der Waals surface area contributed by atoms with Gasteiger partial charge in [0.1, 0.15) is 18.1 Å². The van der Waals surface area contributed by atoms with Crippen LogP contribution < -0.4 is 5.73 Å². The van der Waals surface area contributed by atoms with Crippen molar-refractivity contribution < 1.29 is 13.9 Å². The van der Waals surface area contributed by atoms with Crippen LogP contribution in [0.4, 0.5) is 0 Å². The van der Waals surface area contributed by atoms with Crippen LogP contribution in [0.2, 0.25) is 0 Å². The third kappa shape index (κ3) is 2.29. The number of nitrogens with two attached hydrogens (primary N) is 1. The Kier molecular flexibility index (Phi) is 3.63. The first-order valence-corrected chi connectivity index (χ1v) is 5.67. The topological polar surface area (TPSA) is 57.6 Å². The third-order valence-electron chi connectivity index (χ3n) is 3.10. The minimum Gasteiger partial charge on any atom is -0.462 e. The molecule has 4 nitrogen and oxygen atoms in total. The van der Waals surface area contributed by atoms with Crippen molar-refractivity contribution in [2.75, 3.05) is 13.7 Å². The Labute approximate surface area is 95.7 Å². The second kappa shape index (κ2) is 4.99. The Morgan fingerprint density at radius 2 is 2.38 bits per heavy atom. The van der Waals surface area contributed by atoms with Crippen molar-refractivity contribution in [1.82, 2.24) is 0 Å². The van der Waals surface area contributed by atoms with Crippen LogP contribution in [0.3, 0.4) is 0 Å². The van der Waals surface area contributed by atoms with Gasteiger partial charge in [0.15, 0.2) is 0 Å². The summed E-state index contributed by atoms with van der Waals surface area (Å²) in [6.07, 6.45) is 1.14. The van der Waals surface area contributed by atoms with Crippen molar-refractivity contribution in [3.8, 4) is 0 Å². The van der Waals surface area contributed by atoms with Crippen molar-refractivity contribution in [2.45, 2.75) is 32.1 Å². The molecule has 0 radical (unpaired) electrons. The SMILES string of the molecule is COCc1ccc(C(N)C2OCCC2C)o1. The van der Waals surface area contributed by atoms with Crippen LogP contribution in [-0.4, -0.2) is 19.8 Å². The van der Waals surface area contributed by atoms with Gasteiger partial charge in [-0.1, -0.05) is 6.92 Å². The number of furan rings is 1. The van der Waals surface area contributed by atoms with Crippen LogP contribution in [0.15, 0.2) is 16.5 Å². The fourth-order valence-electron chi connectivity index (χ4n) is 2.13. The van der Waals surface area contributed by atoms with Gasteiger partial charge in [-0.2, -0.15) is 0 Å². The fourth-order valence-corrected chi connectivity index (χ4v) is 2.13. The van der Waals surface area contributed by atoms with Crippen molar-refractivity contribution in [2.24, 2.45) is 11.7 Å². The Morgan fingerprint density at radius 3 is 3.00 bits per heavy atom. The highest BCUT2D eigenvalue weighted by atomic mass is 16.5. The fraction of sp³-hybridized carbons (Fsp3) is 0.667. The molecule has 0 saturated carbocycles. The highest BCUT2D eigenvalue weighted by Gasteiger charge is 2.32. The molecular weight excluding hydrogens is 206 g/mol. The molecule has 1 aromatic rings. The van der Waals surface area contributed by atoms with Crippen LogP contribution in [0, 0.1) is 5.92 Å². The molecule has 1 fully saturated rings. The van der Waals surface area contributed by atoms with Crippen LogP contribution in [-0.2, 0) is 16.1 Å². The van der Waals surface area contributed by atoms with Gasteiger partial charge in [-0.05, 0) is 24.5 Å².